The number of carboxylic acid groups (broad SMARTS) is 1. The Bertz CT molecular complexity index is 1170. The van der Waals surface area contributed by atoms with Crippen LogP contribution in [0.3, 0.4) is 0 Å². The standard InChI is InChI=1S/C24H19NO6.Na/c1-15-4-2-3-5-19(15)23(24(26)27)31-21-11-18(8-7-17(21)12-25)28-13-16-6-9-20-22(10-16)30-14-29-20;/h2-11,23H,13-14H2,1H3,(H,26,27);/q;+1/p-1/t23-;/m0./s1. The Kier molecular flexibility index (Phi) is 7.65. The van der Waals surface area contributed by atoms with Crippen LogP contribution in [0.1, 0.15) is 28.4 Å². The zero-order valence-corrected chi connectivity index (χ0v) is 19.7. The van der Waals surface area contributed by atoms with E-state index in [0.717, 1.165) is 11.1 Å². The average Bonchev–Trinajstić information content (AvgIpc) is 3.24. The van der Waals surface area contributed by atoms with Crippen LogP contribution >= 0.6 is 0 Å². The van der Waals surface area contributed by atoms with Gasteiger partial charge < -0.3 is 28.8 Å². The molecule has 0 radical (unpaired) electrons. The van der Waals surface area contributed by atoms with Gasteiger partial charge in [-0.3, -0.25) is 0 Å². The van der Waals surface area contributed by atoms with Gasteiger partial charge in [0.25, 0.3) is 0 Å². The van der Waals surface area contributed by atoms with E-state index in [1.807, 2.05) is 18.2 Å². The summed E-state index contributed by atoms with van der Waals surface area (Å²) in [4.78, 5) is 11.8. The van der Waals surface area contributed by atoms with E-state index in [-0.39, 0.29) is 54.3 Å². The maximum Gasteiger partial charge on any atom is 1.00 e. The summed E-state index contributed by atoms with van der Waals surface area (Å²) in [6.45, 7) is 2.21. The summed E-state index contributed by atoms with van der Waals surface area (Å²) in [7, 11) is 0. The van der Waals surface area contributed by atoms with Gasteiger partial charge >= 0.3 is 29.6 Å². The van der Waals surface area contributed by atoms with Gasteiger partial charge in [0, 0.05) is 11.6 Å². The molecule has 0 N–H and O–H groups in total. The molecule has 0 unspecified atom stereocenters. The van der Waals surface area contributed by atoms with Crippen molar-refractivity contribution in [2.45, 2.75) is 19.6 Å². The van der Waals surface area contributed by atoms with E-state index in [1.165, 1.54) is 12.1 Å². The first-order chi connectivity index (χ1) is 15.0. The summed E-state index contributed by atoms with van der Waals surface area (Å²) in [6, 6.07) is 19.1. The molecule has 0 spiro atoms. The van der Waals surface area contributed by atoms with Gasteiger partial charge in [-0.2, -0.15) is 5.26 Å². The smallest absolute Gasteiger partial charge is 0.546 e. The maximum absolute atomic E-state index is 11.8. The number of aryl methyl sites for hydroxylation is 1. The largest absolute Gasteiger partial charge is 1.00 e. The average molecular weight is 439 g/mol. The predicted molar refractivity (Wildman–Crippen MR) is 108 cm³/mol. The van der Waals surface area contributed by atoms with Gasteiger partial charge in [-0.1, -0.05) is 30.3 Å². The van der Waals surface area contributed by atoms with Gasteiger partial charge in [0.1, 0.15) is 24.2 Å². The zero-order chi connectivity index (χ0) is 21.8. The third-order valence-electron chi connectivity index (χ3n) is 4.85. The second-order valence-corrected chi connectivity index (χ2v) is 6.92. The Balaban J connectivity index is 0.00000289. The molecule has 156 valence electrons. The van der Waals surface area contributed by atoms with E-state index in [2.05, 4.69) is 0 Å². The van der Waals surface area contributed by atoms with Crippen molar-refractivity contribution in [3.05, 3.63) is 82.9 Å². The molecule has 0 aromatic heterocycles. The van der Waals surface area contributed by atoms with Crippen molar-refractivity contribution in [1.29, 1.82) is 5.26 Å². The Hall–Kier alpha value is -3.18. The van der Waals surface area contributed by atoms with E-state index in [9.17, 15) is 15.2 Å². The van der Waals surface area contributed by atoms with Crippen molar-refractivity contribution in [3.8, 4) is 29.1 Å². The van der Waals surface area contributed by atoms with Crippen molar-refractivity contribution in [1.82, 2.24) is 0 Å². The van der Waals surface area contributed by atoms with Crippen molar-refractivity contribution in [2.75, 3.05) is 6.79 Å². The number of nitrogens with zero attached hydrogens (tertiary/aromatic N) is 1. The molecule has 1 atom stereocenters. The SMILES string of the molecule is Cc1ccccc1[C@H](Oc1cc(OCc2ccc3c(c2)OCO3)ccc1C#N)C(=O)[O-].[Na+]. The van der Waals surface area contributed by atoms with Gasteiger partial charge in [-0.15, -0.1) is 0 Å². The molecule has 0 aliphatic carbocycles. The van der Waals surface area contributed by atoms with Gasteiger partial charge in [0.05, 0.1) is 11.5 Å². The molecule has 0 saturated heterocycles. The number of aliphatic carboxylic acids is 1. The molecular weight excluding hydrogens is 421 g/mol. The summed E-state index contributed by atoms with van der Waals surface area (Å²) in [5.41, 5.74) is 2.25. The number of carbonyl (C=O) groups excluding carboxylic acids is 1. The number of rotatable bonds is 7. The number of benzene rings is 3. The number of nitriles is 1. The molecule has 3 aromatic carbocycles. The topological polar surface area (TPSA) is 101 Å². The minimum Gasteiger partial charge on any atom is -0.546 e. The molecule has 0 amide bonds. The Labute approximate surface area is 207 Å². The van der Waals surface area contributed by atoms with Gasteiger partial charge in [0.2, 0.25) is 6.79 Å². The van der Waals surface area contributed by atoms with Crippen LogP contribution in [0.4, 0.5) is 0 Å². The molecular formula is C24H18NNaO6. The molecule has 0 fully saturated rings. The Morgan fingerprint density at radius 2 is 1.91 bits per heavy atom. The first kappa shape index (κ1) is 23.5. The Morgan fingerprint density at radius 3 is 2.66 bits per heavy atom. The molecule has 0 saturated carbocycles. The number of hydrogen-bond acceptors (Lipinski definition) is 7. The second kappa shape index (κ2) is 10.4. The van der Waals surface area contributed by atoms with E-state index in [0.29, 0.717) is 22.8 Å². The van der Waals surface area contributed by atoms with Crippen molar-refractivity contribution < 1.29 is 58.4 Å². The van der Waals surface area contributed by atoms with E-state index in [1.54, 1.807) is 43.3 Å². The van der Waals surface area contributed by atoms with Crippen LogP contribution in [0.15, 0.2) is 60.7 Å². The number of ether oxygens (including phenoxy) is 4. The zero-order valence-electron chi connectivity index (χ0n) is 17.7. The molecule has 3 aromatic rings. The third-order valence-corrected chi connectivity index (χ3v) is 4.85. The molecule has 4 rings (SSSR count). The van der Waals surface area contributed by atoms with Gasteiger partial charge in [-0.05, 0) is 42.3 Å². The minimum atomic E-state index is -1.40. The fraction of sp³-hybridized carbons (Fsp3) is 0.167. The quantitative estimate of drug-likeness (QED) is 0.480. The van der Waals surface area contributed by atoms with Crippen molar-refractivity contribution >= 4 is 5.97 Å². The molecule has 7 nitrogen and oxygen atoms in total. The third kappa shape index (κ3) is 5.17. The molecule has 1 aliphatic rings. The van der Waals surface area contributed by atoms with Gasteiger partial charge in [-0.25, -0.2) is 0 Å². The molecule has 8 heteroatoms. The van der Waals surface area contributed by atoms with Crippen LogP contribution in [-0.2, 0) is 11.4 Å². The summed E-state index contributed by atoms with van der Waals surface area (Å²) in [5, 5.41) is 21.2. The van der Waals surface area contributed by atoms with Gasteiger partial charge in [0.15, 0.2) is 17.6 Å². The second-order valence-electron chi connectivity index (χ2n) is 6.92. The monoisotopic (exact) mass is 439 g/mol. The first-order valence-corrected chi connectivity index (χ1v) is 9.53. The fourth-order valence-electron chi connectivity index (χ4n) is 3.23. The Morgan fingerprint density at radius 1 is 1.12 bits per heavy atom. The molecule has 1 heterocycles. The fourth-order valence-corrected chi connectivity index (χ4v) is 3.23. The van der Waals surface area contributed by atoms with Crippen LogP contribution in [0, 0.1) is 18.3 Å². The normalized spacial score (nSPS) is 12.2. The van der Waals surface area contributed by atoms with E-state index >= 15 is 0 Å². The number of carboxylic acids is 1. The first-order valence-electron chi connectivity index (χ1n) is 9.53. The predicted octanol–water partition coefficient (Wildman–Crippen LogP) is 0.0484. The van der Waals surface area contributed by atoms with Crippen molar-refractivity contribution in [2.24, 2.45) is 0 Å². The van der Waals surface area contributed by atoms with Crippen LogP contribution in [0.2, 0.25) is 0 Å². The number of carbonyl (C=O) groups is 1. The molecule has 0 bridgehead atoms. The molecule has 32 heavy (non-hydrogen) atoms. The number of fused-ring (bicyclic) bond motifs is 1. The van der Waals surface area contributed by atoms with E-state index in [4.69, 9.17) is 18.9 Å². The number of hydrogen-bond donors (Lipinski definition) is 0. The summed E-state index contributed by atoms with van der Waals surface area (Å²) in [6.07, 6.45) is -1.36. The van der Waals surface area contributed by atoms with Crippen LogP contribution in [0.25, 0.3) is 0 Å². The summed E-state index contributed by atoms with van der Waals surface area (Å²) in [5.74, 6) is 0.462. The van der Waals surface area contributed by atoms with E-state index < -0.39 is 12.1 Å². The summed E-state index contributed by atoms with van der Waals surface area (Å²) >= 11 is 0. The van der Waals surface area contributed by atoms with Crippen LogP contribution < -0.4 is 53.6 Å². The minimum absolute atomic E-state index is 0. The van der Waals surface area contributed by atoms with Crippen molar-refractivity contribution in [3.63, 3.8) is 0 Å². The summed E-state index contributed by atoms with van der Waals surface area (Å²) < 4.78 is 22.2. The maximum atomic E-state index is 11.8. The van der Waals surface area contributed by atoms with Crippen LogP contribution in [-0.4, -0.2) is 12.8 Å². The molecule has 1 aliphatic heterocycles. The van der Waals surface area contributed by atoms with Crippen LogP contribution in [0.5, 0.6) is 23.0 Å².